The maximum atomic E-state index is 13.0. The first-order valence-corrected chi connectivity index (χ1v) is 9.83. The second kappa shape index (κ2) is 6.81. The normalized spacial score (nSPS) is 19.2. The predicted molar refractivity (Wildman–Crippen MR) is 98.1 cm³/mol. The molecule has 0 bridgehead atoms. The number of aliphatic hydroxyl groups excluding tert-OH is 1. The van der Waals surface area contributed by atoms with E-state index in [1.807, 2.05) is 29.6 Å². The number of hydrogen-bond acceptors (Lipinski definition) is 4. The second-order valence-electron chi connectivity index (χ2n) is 6.96. The van der Waals surface area contributed by atoms with Gasteiger partial charge in [-0.05, 0) is 47.5 Å². The molecule has 1 amide bonds. The van der Waals surface area contributed by atoms with Crippen LogP contribution in [0, 0.1) is 0 Å². The SMILES string of the molecule is O=C(NC[C@H](O)c1ccc2c(c1)CCO2)C1(c2cccs2)CCCC1. The molecule has 0 saturated heterocycles. The molecule has 1 aliphatic heterocycles. The number of rotatable bonds is 5. The van der Waals surface area contributed by atoms with Crippen molar-refractivity contribution in [1.29, 1.82) is 0 Å². The monoisotopic (exact) mass is 357 g/mol. The maximum Gasteiger partial charge on any atom is 0.231 e. The number of nitrogens with one attached hydrogen (secondary N) is 1. The Morgan fingerprint density at radius 2 is 2.16 bits per heavy atom. The van der Waals surface area contributed by atoms with Crippen molar-refractivity contribution in [1.82, 2.24) is 5.32 Å². The third-order valence-electron chi connectivity index (χ3n) is 5.44. The van der Waals surface area contributed by atoms with Crippen LogP contribution in [0.3, 0.4) is 0 Å². The summed E-state index contributed by atoms with van der Waals surface area (Å²) in [5.41, 5.74) is 1.56. The lowest BCUT2D eigenvalue weighted by Gasteiger charge is -2.27. The van der Waals surface area contributed by atoms with Crippen molar-refractivity contribution in [3.63, 3.8) is 0 Å². The van der Waals surface area contributed by atoms with Gasteiger partial charge in [0.1, 0.15) is 5.75 Å². The van der Waals surface area contributed by atoms with Crippen LogP contribution in [0.4, 0.5) is 0 Å². The number of aliphatic hydroxyl groups is 1. The molecule has 1 saturated carbocycles. The summed E-state index contributed by atoms with van der Waals surface area (Å²) in [4.78, 5) is 14.1. The number of carbonyl (C=O) groups is 1. The quantitative estimate of drug-likeness (QED) is 0.863. The highest BCUT2D eigenvalue weighted by atomic mass is 32.1. The molecule has 132 valence electrons. The first-order chi connectivity index (χ1) is 12.2. The maximum absolute atomic E-state index is 13.0. The molecule has 25 heavy (non-hydrogen) atoms. The lowest BCUT2D eigenvalue weighted by molar-refractivity contribution is -0.127. The van der Waals surface area contributed by atoms with Gasteiger partial charge >= 0.3 is 0 Å². The first kappa shape index (κ1) is 16.6. The summed E-state index contributed by atoms with van der Waals surface area (Å²) in [6.07, 6.45) is 4.13. The van der Waals surface area contributed by atoms with Crippen LogP contribution in [0.2, 0.25) is 0 Å². The van der Waals surface area contributed by atoms with Crippen LogP contribution < -0.4 is 10.1 Å². The molecule has 4 nitrogen and oxygen atoms in total. The summed E-state index contributed by atoms with van der Waals surface area (Å²) in [5, 5.41) is 15.5. The van der Waals surface area contributed by atoms with Gasteiger partial charge in [0.2, 0.25) is 5.91 Å². The Morgan fingerprint density at radius 3 is 2.92 bits per heavy atom. The van der Waals surface area contributed by atoms with Crippen molar-refractivity contribution in [3.8, 4) is 5.75 Å². The molecule has 2 N–H and O–H groups in total. The lowest BCUT2D eigenvalue weighted by atomic mass is 9.83. The van der Waals surface area contributed by atoms with E-state index in [9.17, 15) is 9.90 Å². The standard InChI is InChI=1S/C20H23NO3S/c22-16(14-5-6-17-15(12-14)7-10-24-17)13-21-19(23)20(8-1-2-9-20)18-4-3-11-25-18/h3-6,11-12,16,22H,1-2,7-10,13H2,(H,21,23)/t16-/m0/s1. The van der Waals surface area contributed by atoms with E-state index in [-0.39, 0.29) is 12.5 Å². The highest BCUT2D eigenvalue weighted by molar-refractivity contribution is 7.10. The van der Waals surface area contributed by atoms with Crippen molar-refractivity contribution in [2.75, 3.05) is 13.2 Å². The zero-order valence-electron chi connectivity index (χ0n) is 14.2. The van der Waals surface area contributed by atoms with Gasteiger partial charge in [-0.25, -0.2) is 0 Å². The zero-order valence-corrected chi connectivity index (χ0v) is 15.0. The van der Waals surface area contributed by atoms with E-state index in [1.165, 1.54) is 0 Å². The van der Waals surface area contributed by atoms with Crippen molar-refractivity contribution >= 4 is 17.2 Å². The Morgan fingerprint density at radius 1 is 1.32 bits per heavy atom. The molecule has 1 atom stereocenters. The van der Waals surface area contributed by atoms with Gasteiger partial charge in [-0.3, -0.25) is 4.79 Å². The second-order valence-corrected chi connectivity index (χ2v) is 7.91. The van der Waals surface area contributed by atoms with E-state index in [4.69, 9.17) is 4.74 Å². The van der Waals surface area contributed by atoms with Gasteiger partial charge in [-0.2, -0.15) is 0 Å². The number of carbonyl (C=O) groups excluding carboxylic acids is 1. The first-order valence-electron chi connectivity index (χ1n) is 8.95. The van der Waals surface area contributed by atoms with E-state index in [0.717, 1.165) is 53.9 Å². The highest BCUT2D eigenvalue weighted by Gasteiger charge is 2.43. The Hall–Kier alpha value is -1.85. The molecule has 0 unspecified atom stereocenters. The fourth-order valence-corrected chi connectivity index (χ4v) is 4.99. The molecule has 2 aromatic rings. The minimum atomic E-state index is -0.698. The van der Waals surface area contributed by atoms with Crippen molar-refractivity contribution in [2.45, 2.75) is 43.6 Å². The van der Waals surface area contributed by atoms with E-state index in [1.54, 1.807) is 11.3 Å². The van der Waals surface area contributed by atoms with Crippen LogP contribution in [0.5, 0.6) is 5.75 Å². The van der Waals surface area contributed by atoms with E-state index >= 15 is 0 Å². The van der Waals surface area contributed by atoms with Crippen LogP contribution >= 0.6 is 11.3 Å². The van der Waals surface area contributed by atoms with Crippen LogP contribution in [0.15, 0.2) is 35.7 Å². The van der Waals surface area contributed by atoms with Gasteiger partial charge in [0.15, 0.2) is 0 Å². The number of amides is 1. The summed E-state index contributed by atoms with van der Waals surface area (Å²) < 4.78 is 5.50. The fourth-order valence-electron chi connectivity index (χ4n) is 4.00. The van der Waals surface area contributed by atoms with Crippen LogP contribution in [0.1, 0.15) is 47.8 Å². The number of ether oxygens (including phenoxy) is 1. The van der Waals surface area contributed by atoms with Crippen molar-refractivity contribution < 1.29 is 14.6 Å². The number of thiophene rings is 1. The Bertz CT molecular complexity index is 750. The van der Waals surface area contributed by atoms with E-state index in [0.29, 0.717) is 6.61 Å². The topological polar surface area (TPSA) is 58.6 Å². The molecule has 5 heteroatoms. The molecule has 1 aliphatic carbocycles. The fraction of sp³-hybridized carbons (Fsp3) is 0.450. The van der Waals surface area contributed by atoms with Crippen molar-refractivity contribution in [2.24, 2.45) is 0 Å². The highest BCUT2D eigenvalue weighted by Crippen LogP contribution is 2.43. The molecule has 1 fully saturated rings. The van der Waals surface area contributed by atoms with Crippen LogP contribution in [0.25, 0.3) is 0 Å². The van der Waals surface area contributed by atoms with Gasteiger partial charge in [0, 0.05) is 17.8 Å². The Kier molecular flexibility index (Phi) is 4.52. The van der Waals surface area contributed by atoms with Gasteiger partial charge in [-0.1, -0.05) is 25.0 Å². The summed E-state index contributed by atoms with van der Waals surface area (Å²) in [6.45, 7) is 0.945. The average Bonchev–Trinajstić information content (AvgIpc) is 3.39. The van der Waals surface area contributed by atoms with Gasteiger partial charge < -0.3 is 15.2 Å². The summed E-state index contributed by atoms with van der Waals surface area (Å²) in [6, 6.07) is 9.85. The number of fused-ring (bicyclic) bond motifs is 1. The summed E-state index contributed by atoms with van der Waals surface area (Å²) in [7, 11) is 0. The van der Waals surface area contributed by atoms with Crippen molar-refractivity contribution in [3.05, 3.63) is 51.7 Å². The summed E-state index contributed by atoms with van der Waals surface area (Å²) >= 11 is 1.65. The smallest absolute Gasteiger partial charge is 0.231 e. The van der Waals surface area contributed by atoms with Gasteiger partial charge in [0.05, 0.1) is 18.1 Å². The Labute approximate surface area is 151 Å². The molecule has 1 aromatic carbocycles. The minimum absolute atomic E-state index is 0.0518. The third kappa shape index (κ3) is 3.07. The Balaban J connectivity index is 1.44. The lowest BCUT2D eigenvalue weighted by Crippen LogP contribution is -2.43. The molecule has 2 heterocycles. The van der Waals surface area contributed by atoms with E-state index in [2.05, 4.69) is 11.4 Å². The molecular weight excluding hydrogens is 334 g/mol. The van der Waals surface area contributed by atoms with E-state index < -0.39 is 11.5 Å². The van der Waals surface area contributed by atoms with Gasteiger partial charge in [-0.15, -0.1) is 11.3 Å². The molecule has 0 radical (unpaired) electrons. The van der Waals surface area contributed by atoms with Gasteiger partial charge in [0.25, 0.3) is 0 Å². The predicted octanol–water partition coefficient (Wildman–Crippen LogP) is 3.34. The summed E-state index contributed by atoms with van der Waals surface area (Å²) in [5.74, 6) is 0.957. The zero-order chi connectivity index (χ0) is 17.3. The molecule has 4 rings (SSSR count). The van der Waals surface area contributed by atoms with Crippen LogP contribution in [-0.2, 0) is 16.6 Å². The molecule has 2 aliphatic rings. The number of hydrogen-bond donors (Lipinski definition) is 2. The average molecular weight is 357 g/mol. The minimum Gasteiger partial charge on any atom is -0.493 e. The van der Waals surface area contributed by atoms with Crippen LogP contribution in [-0.4, -0.2) is 24.2 Å². The largest absolute Gasteiger partial charge is 0.493 e. The molecular formula is C20H23NO3S. The number of benzene rings is 1. The molecule has 0 spiro atoms. The molecule has 1 aromatic heterocycles. The third-order valence-corrected chi connectivity index (χ3v) is 6.51.